The predicted octanol–water partition coefficient (Wildman–Crippen LogP) is 2.34. The van der Waals surface area contributed by atoms with E-state index < -0.39 is 18.5 Å². The number of nitrogen functional groups attached to an aromatic ring is 1. The molecule has 0 radical (unpaired) electrons. The number of carbonyl (C=O) groups is 1. The smallest absolute Gasteiger partial charge is 0.255 e. The largest absolute Gasteiger partial charge is 0.474 e. The number of benzene rings is 1. The maximum atomic E-state index is 14.1. The Kier molecular flexibility index (Phi) is 5.21. The van der Waals surface area contributed by atoms with Gasteiger partial charge in [-0.15, -0.1) is 0 Å². The molecule has 0 saturated heterocycles. The summed E-state index contributed by atoms with van der Waals surface area (Å²) < 4.78 is 31.6. The maximum absolute atomic E-state index is 14.1. The summed E-state index contributed by atoms with van der Waals surface area (Å²) >= 11 is 0. The fraction of sp³-hybridized carbons (Fsp3) is 0.250. The molecular formula is C20H18F2N6O2. The predicted molar refractivity (Wildman–Crippen MR) is 104 cm³/mol. The summed E-state index contributed by atoms with van der Waals surface area (Å²) in [6.07, 6.45) is 3.14. The number of carbonyl (C=O) groups excluding carboxylic acids is 1. The third-order valence-electron chi connectivity index (χ3n) is 4.72. The minimum absolute atomic E-state index is 0.0857. The summed E-state index contributed by atoms with van der Waals surface area (Å²) in [7, 11) is 0. The Balaban J connectivity index is 1.75. The lowest BCUT2D eigenvalue weighted by molar-refractivity contribution is 0.0922. The Morgan fingerprint density at radius 2 is 2.10 bits per heavy atom. The van der Waals surface area contributed by atoms with Crippen LogP contribution in [-0.4, -0.2) is 39.1 Å². The van der Waals surface area contributed by atoms with Crippen LogP contribution >= 0.6 is 0 Å². The number of nitrogens with one attached hydrogen (secondary N) is 1. The normalized spacial score (nSPS) is 15.4. The number of hydrogen-bond donors (Lipinski definition) is 2. The first-order valence-corrected chi connectivity index (χ1v) is 9.20. The number of fused-ring (bicyclic) bond motifs is 1. The van der Waals surface area contributed by atoms with Crippen molar-refractivity contribution in [3.8, 4) is 17.1 Å². The third-order valence-corrected chi connectivity index (χ3v) is 4.72. The van der Waals surface area contributed by atoms with E-state index in [2.05, 4.69) is 25.3 Å². The van der Waals surface area contributed by atoms with Crippen molar-refractivity contribution in [2.45, 2.75) is 19.4 Å². The van der Waals surface area contributed by atoms with Gasteiger partial charge in [-0.2, -0.15) is 0 Å². The zero-order chi connectivity index (χ0) is 21.3. The number of hydrogen-bond acceptors (Lipinski definition) is 7. The van der Waals surface area contributed by atoms with E-state index in [0.29, 0.717) is 40.2 Å². The molecule has 4 rings (SSSR count). The molecule has 1 unspecified atom stereocenters. The summed E-state index contributed by atoms with van der Waals surface area (Å²) in [6.45, 7) is 0.859. The molecule has 154 valence electrons. The van der Waals surface area contributed by atoms with Gasteiger partial charge in [0.15, 0.2) is 0 Å². The number of nitrogens with zero attached hydrogens (tertiary/aromatic N) is 4. The summed E-state index contributed by atoms with van der Waals surface area (Å²) in [4.78, 5) is 29.3. The lowest BCUT2D eigenvalue weighted by Crippen LogP contribution is -2.37. The highest BCUT2D eigenvalue weighted by Crippen LogP contribution is 2.33. The highest BCUT2D eigenvalue weighted by atomic mass is 19.1. The Bertz CT molecular complexity index is 1120. The number of aryl methyl sites for hydroxylation is 1. The van der Waals surface area contributed by atoms with Gasteiger partial charge in [0.25, 0.3) is 5.91 Å². The van der Waals surface area contributed by atoms with Gasteiger partial charge >= 0.3 is 0 Å². The second kappa shape index (κ2) is 7.97. The minimum atomic E-state index is -0.672. The van der Waals surface area contributed by atoms with Crippen molar-refractivity contribution in [1.82, 2.24) is 25.3 Å². The molecule has 8 nitrogen and oxygen atoms in total. The van der Waals surface area contributed by atoms with Crippen molar-refractivity contribution in [3.63, 3.8) is 0 Å². The van der Waals surface area contributed by atoms with Crippen molar-refractivity contribution in [2.75, 3.05) is 19.0 Å². The molecular weight excluding hydrogens is 393 g/mol. The molecule has 0 aliphatic carbocycles. The van der Waals surface area contributed by atoms with Gasteiger partial charge < -0.3 is 15.8 Å². The van der Waals surface area contributed by atoms with Crippen molar-refractivity contribution >= 4 is 11.9 Å². The Morgan fingerprint density at radius 3 is 2.90 bits per heavy atom. The van der Waals surface area contributed by atoms with Crippen LogP contribution in [0.25, 0.3) is 11.3 Å². The summed E-state index contributed by atoms with van der Waals surface area (Å²) in [5, 5.41) is 2.92. The van der Waals surface area contributed by atoms with E-state index in [4.69, 9.17) is 10.5 Å². The molecule has 3 aromatic rings. The van der Waals surface area contributed by atoms with Gasteiger partial charge in [-0.1, -0.05) is 6.07 Å². The number of alkyl halides is 1. The first-order valence-electron chi connectivity index (χ1n) is 9.20. The van der Waals surface area contributed by atoms with Crippen LogP contribution in [0.4, 0.5) is 14.7 Å². The Labute approximate surface area is 170 Å². The van der Waals surface area contributed by atoms with Gasteiger partial charge in [0.1, 0.15) is 19.1 Å². The van der Waals surface area contributed by atoms with E-state index in [-0.39, 0.29) is 24.3 Å². The van der Waals surface area contributed by atoms with Crippen LogP contribution in [-0.2, 0) is 6.42 Å². The van der Waals surface area contributed by atoms with E-state index in [1.807, 2.05) is 0 Å². The highest BCUT2D eigenvalue weighted by molar-refractivity contribution is 5.98. The molecule has 3 N–H and O–H groups in total. The van der Waals surface area contributed by atoms with Gasteiger partial charge in [-0.3, -0.25) is 9.78 Å². The molecule has 0 saturated carbocycles. The second-order valence-electron chi connectivity index (χ2n) is 6.73. The molecule has 1 atom stereocenters. The highest BCUT2D eigenvalue weighted by Gasteiger charge is 2.30. The first-order chi connectivity index (χ1) is 14.5. The molecule has 0 fully saturated rings. The minimum Gasteiger partial charge on any atom is -0.474 e. The topological polar surface area (TPSA) is 116 Å². The van der Waals surface area contributed by atoms with Crippen LogP contribution in [0.15, 0.2) is 30.6 Å². The van der Waals surface area contributed by atoms with Gasteiger partial charge in [-0.25, -0.2) is 23.7 Å². The van der Waals surface area contributed by atoms with E-state index in [9.17, 15) is 13.6 Å². The Morgan fingerprint density at radius 1 is 1.27 bits per heavy atom. The number of aromatic nitrogens is 4. The quantitative estimate of drug-likeness (QED) is 0.662. The van der Waals surface area contributed by atoms with Gasteiger partial charge in [-0.05, 0) is 24.6 Å². The van der Waals surface area contributed by atoms with Gasteiger partial charge in [0, 0.05) is 12.0 Å². The number of rotatable bonds is 5. The zero-order valence-corrected chi connectivity index (χ0v) is 16.0. The molecule has 0 spiro atoms. The third kappa shape index (κ3) is 3.76. The SMILES string of the molecule is Cc1nc(N)nc2c1C(=O)NC(c1ccc(F)cc1-c1cncc(OCC[18F])n1)C2. The molecule has 3 heterocycles. The number of ether oxygens (including phenoxy) is 1. The van der Waals surface area contributed by atoms with Crippen LogP contribution in [0, 0.1) is 12.7 Å². The molecule has 10 heteroatoms. The number of amides is 1. The molecule has 2 aromatic heterocycles. The molecule has 0 bridgehead atoms. The van der Waals surface area contributed by atoms with Crippen LogP contribution in [0.2, 0.25) is 0 Å². The van der Waals surface area contributed by atoms with Crippen LogP contribution in [0.3, 0.4) is 0 Å². The fourth-order valence-corrected chi connectivity index (χ4v) is 3.51. The average molecular weight is 411 g/mol. The molecule has 1 aromatic carbocycles. The van der Waals surface area contributed by atoms with Crippen LogP contribution in [0.5, 0.6) is 5.88 Å². The van der Waals surface area contributed by atoms with Gasteiger partial charge in [0.05, 0.1) is 41.1 Å². The number of anilines is 1. The fourth-order valence-electron chi connectivity index (χ4n) is 3.51. The standard InChI is InChI=1S/C20H18F2N6O2/c1-10-18-15(28-20(23)25-10)7-14(27-19(18)29)12-3-2-11(22)6-13(12)16-8-24-9-17(26-16)30-5-4-21/h2-3,6,8-9,14H,4-5,7H2,1H3,(H,27,29)(H2,23,25,28)/i21-1. The second-order valence-corrected chi connectivity index (χ2v) is 6.73. The van der Waals surface area contributed by atoms with Crippen molar-refractivity contribution in [2.24, 2.45) is 0 Å². The lowest BCUT2D eigenvalue weighted by atomic mass is 9.90. The van der Waals surface area contributed by atoms with Crippen molar-refractivity contribution in [3.05, 3.63) is 58.9 Å². The number of nitrogens with two attached hydrogens (primary N) is 1. The van der Waals surface area contributed by atoms with Crippen molar-refractivity contribution < 1.29 is 18.3 Å². The van der Waals surface area contributed by atoms with E-state index >= 15 is 0 Å². The summed E-state index contributed by atoms with van der Waals surface area (Å²) in [5.41, 5.74) is 8.55. The first kappa shape index (κ1) is 19.6. The van der Waals surface area contributed by atoms with Crippen LogP contribution in [0.1, 0.15) is 33.4 Å². The molecule has 1 amide bonds. The molecule has 30 heavy (non-hydrogen) atoms. The summed E-state index contributed by atoms with van der Waals surface area (Å²) in [5.74, 6) is -0.604. The van der Waals surface area contributed by atoms with Crippen molar-refractivity contribution in [1.29, 1.82) is 0 Å². The Hall–Kier alpha value is -3.69. The molecule has 1 aliphatic heterocycles. The monoisotopic (exact) mass is 411 g/mol. The average Bonchev–Trinajstić information content (AvgIpc) is 2.71. The van der Waals surface area contributed by atoms with E-state index in [1.165, 1.54) is 24.5 Å². The summed E-state index contributed by atoms with van der Waals surface area (Å²) in [6, 6.07) is 3.69. The van der Waals surface area contributed by atoms with Gasteiger partial charge in [0.2, 0.25) is 11.8 Å². The van der Waals surface area contributed by atoms with E-state index in [1.54, 1.807) is 13.0 Å². The number of halogens is 2. The zero-order valence-electron chi connectivity index (χ0n) is 16.0. The molecule has 1 aliphatic rings. The maximum Gasteiger partial charge on any atom is 0.255 e. The van der Waals surface area contributed by atoms with Crippen LogP contribution < -0.4 is 15.8 Å². The lowest BCUT2D eigenvalue weighted by Gasteiger charge is -2.27. The van der Waals surface area contributed by atoms with E-state index in [0.717, 1.165) is 0 Å².